The maximum absolute atomic E-state index is 13.7. The molecule has 3 aromatic carbocycles. The summed E-state index contributed by atoms with van der Waals surface area (Å²) < 4.78 is 28.6. The molecular formula is C25H27ClN2O3S. The summed E-state index contributed by atoms with van der Waals surface area (Å²) in [6.45, 7) is 5.59. The van der Waals surface area contributed by atoms with E-state index in [0.29, 0.717) is 22.7 Å². The van der Waals surface area contributed by atoms with Crippen molar-refractivity contribution in [3.05, 3.63) is 99.6 Å². The van der Waals surface area contributed by atoms with E-state index in [1.807, 2.05) is 49.4 Å². The molecule has 1 N–H and O–H groups in total. The topological polar surface area (TPSA) is 66.5 Å². The molecule has 0 aliphatic heterocycles. The lowest BCUT2D eigenvalue weighted by Crippen LogP contribution is -2.40. The first-order valence-electron chi connectivity index (χ1n) is 10.3. The van der Waals surface area contributed by atoms with E-state index >= 15 is 0 Å². The molecule has 0 heterocycles. The minimum absolute atomic E-state index is 0.0605. The van der Waals surface area contributed by atoms with Crippen molar-refractivity contribution in [2.24, 2.45) is 0 Å². The standard InChI is InChI=1S/C25H27ClN2O3S/c1-18-13-19(2)25(20(3)14-18)32(30,31)28(16-22-9-11-23(26)12-10-22)17-24(29)27-15-21-7-5-4-6-8-21/h4-14H,15-17H2,1-3H3,(H,27,29). The number of amides is 1. The average Bonchev–Trinajstić information content (AvgIpc) is 2.73. The van der Waals surface area contributed by atoms with Gasteiger partial charge in [0.05, 0.1) is 11.4 Å². The van der Waals surface area contributed by atoms with Crippen molar-refractivity contribution in [3.8, 4) is 0 Å². The van der Waals surface area contributed by atoms with E-state index in [1.54, 1.807) is 38.1 Å². The van der Waals surface area contributed by atoms with Gasteiger partial charge in [0.25, 0.3) is 0 Å². The molecule has 1 amide bonds. The summed E-state index contributed by atoms with van der Waals surface area (Å²) in [5.41, 5.74) is 4.00. The lowest BCUT2D eigenvalue weighted by atomic mass is 10.1. The lowest BCUT2D eigenvalue weighted by molar-refractivity contribution is -0.121. The second kappa shape index (κ2) is 10.3. The van der Waals surface area contributed by atoms with Crippen molar-refractivity contribution in [2.75, 3.05) is 6.54 Å². The fraction of sp³-hybridized carbons (Fsp3) is 0.240. The van der Waals surface area contributed by atoms with Crippen molar-refractivity contribution in [3.63, 3.8) is 0 Å². The zero-order valence-corrected chi connectivity index (χ0v) is 20.0. The first kappa shape index (κ1) is 24.0. The molecule has 0 aliphatic rings. The third kappa shape index (κ3) is 5.97. The van der Waals surface area contributed by atoms with Gasteiger partial charge in [-0.25, -0.2) is 8.42 Å². The number of carbonyl (C=O) groups is 1. The van der Waals surface area contributed by atoms with Gasteiger partial charge in [0.2, 0.25) is 15.9 Å². The van der Waals surface area contributed by atoms with E-state index in [9.17, 15) is 13.2 Å². The van der Waals surface area contributed by atoms with Gasteiger partial charge in [0.15, 0.2) is 0 Å². The number of nitrogens with zero attached hydrogens (tertiary/aromatic N) is 1. The number of nitrogens with one attached hydrogen (secondary N) is 1. The van der Waals surface area contributed by atoms with Gasteiger partial charge < -0.3 is 5.32 Å². The highest BCUT2D eigenvalue weighted by Gasteiger charge is 2.30. The third-order valence-electron chi connectivity index (χ3n) is 5.13. The molecule has 0 radical (unpaired) electrons. The van der Waals surface area contributed by atoms with Crippen molar-refractivity contribution in [1.82, 2.24) is 9.62 Å². The van der Waals surface area contributed by atoms with Gasteiger partial charge in [0, 0.05) is 18.1 Å². The van der Waals surface area contributed by atoms with Crippen LogP contribution in [0.3, 0.4) is 0 Å². The lowest BCUT2D eigenvalue weighted by Gasteiger charge is -2.24. The van der Waals surface area contributed by atoms with Gasteiger partial charge >= 0.3 is 0 Å². The molecule has 0 spiro atoms. The van der Waals surface area contributed by atoms with Crippen molar-refractivity contribution >= 4 is 27.5 Å². The van der Waals surface area contributed by atoms with E-state index in [4.69, 9.17) is 11.6 Å². The first-order chi connectivity index (χ1) is 15.2. The minimum Gasteiger partial charge on any atom is -0.351 e. The Morgan fingerprint density at radius 1 is 0.906 bits per heavy atom. The van der Waals surface area contributed by atoms with Gasteiger partial charge in [-0.3, -0.25) is 4.79 Å². The predicted molar refractivity (Wildman–Crippen MR) is 128 cm³/mol. The highest BCUT2D eigenvalue weighted by molar-refractivity contribution is 7.89. The monoisotopic (exact) mass is 470 g/mol. The Kier molecular flexibility index (Phi) is 7.72. The Hall–Kier alpha value is -2.67. The number of carbonyl (C=O) groups excluding carboxylic acids is 1. The van der Waals surface area contributed by atoms with E-state index in [-0.39, 0.29) is 23.9 Å². The van der Waals surface area contributed by atoms with Crippen LogP contribution in [-0.2, 0) is 27.9 Å². The molecule has 3 aromatic rings. The van der Waals surface area contributed by atoms with Crippen LogP contribution in [0.2, 0.25) is 5.02 Å². The van der Waals surface area contributed by atoms with Crippen molar-refractivity contribution in [1.29, 1.82) is 0 Å². The highest BCUT2D eigenvalue weighted by Crippen LogP contribution is 2.26. The largest absolute Gasteiger partial charge is 0.351 e. The summed E-state index contributed by atoms with van der Waals surface area (Å²) in [6.07, 6.45) is 0. The maximum Gasteiger partial charge on any atom is 0.244 e. The molecule has 0 unspecified atom stereocenters. The molecule has 7 heteroatoms. The Bertz CT molecular complexity index is 1170. The summed E-state index contributed by atoms with van der Waals surface area (Å²) in [5.74, 6) is -0.367. The van der Waals surface area contributed by atoms with Crippen molar-refractivity contribution < 1.29 is 13.2 Å². The average molecular weight is 471 g/mol. The second-order valence-electron chi connectivity index (χ2n) is 7.89. The van der Waals surface area contributed by atoms with Crippen LogP contribution in [0.25, 0.3) is 0 Å². The second-order valence-corrected chi connectivity index (χ2v) is 10.2. The molecule has 0 aromatic heterocycles. The van der Waals surface area contributed by atoms with Gasteiger partial charge in [-0.1, -0.05) is 71.8 Å². The highest BCUT2D eigenvalue weighted by atomic mass is 35.5. The molecule has 168 valence electrons. The molecule has 0 aliphatic carbocycles. The molecule has 0 fully saturated rings. The van der Waals surface area contributed by atoms with Gasteiger partial charge in [-0.05, 0) is 55.2 Å². The van der Waals surface area contributed by atoms with Crippen LogP contribution < -0.4 is 5.32 Å². The van der Waals surface area contributed by atoms with Gasteiger partial charge in [0.1, 0.15) is 0 Å². The Morgan fingerprint density at radius 3 is 2.09 bits per heavy atom. The fourth-order valence-corrected chi connectivity index (χ4v) is 5.66. The summed E-state index contributed by atoms with van der Waals surface area (Å²) >= 11 is 5.98. The Balaban J connectivity index is 1.89. The van der Waals surface area contributed by atoms with E-state index in [0.717, 1.165) is 16.7 Å². The summed E-state index contributed by atoms with van der Waals surface area (Å²) in [4.78, 5) is 13.0. The zero-order chi connectivity index (χ0) is 23.3. The van der Waals surface area contributed by atoms with Crippen LogP contribution in [0.5, 0.6) is 0 Å². The third-order valence-corrected chi connectivity index (χ3v) is 7.48. The fourth-order valence-electron chi connectivity index (χ4n) is 3.73. The van der Waals surface area contributed by atoms with Crippen LogP contribution >= 0.6 is 11.6 Å². The summed E-state index contributed by atoms with van der Waals surface area (Å²) in [5, 5.41) is 3.38. The van der Waals surface area contributed by atoms with Crippen LogP contribution in [0.15, 0.2) is 71.6 Å². The maximum atomic E-state index is 13.7. The van der Waals surface area contributed by atoms with Crippen LogP contribution in [0.1, 0.15) is 27.8 Å². The van der Waals surface area contributed by atoms with E-state index in [1.165, 1.54) is 4.31 Å². The normalized spacial score (nSPS) is 11.5. The van der Waals surface area contributed by atoms with E-state index in [2.05, 4.69) is 5.32 Å². The Labute approximate surface area is 195 Å². The smallest absolute Gasteiger partial charge is 0.244 e. The SMILES string of the molecule is Cc1cc(C)c(S(=O)(=O)N(CC(=O)NCc2ccccc2)Cc2ccc(Cl)cc2)c(C)c1. The van der Waals surface area contributed by atoms with E-state index < -0.39 is 10.0 Å². The minimum atomic E-state index is -3.93. The van der Waals surface area contributed by atoms with Crippen LogP contribution in [0, 0.1) is 20.8 Å². The number of rotatable bonds is 8. The molecule has 0 bridgehead atoms. The molecule has 32 heavy (non-hydrogen) atoms. The number of benzene rings is 3. The predicted octanol–water partition coefficient (Wildman–Crippen LogP) is 4.77. The molecule has 5 nitrogen and oxygen atoms in total. The number of hydrogen-bond acceptors (Lipinski definition) is 3. The number of aryl methyl sites for hydroxylation is 3. The van der Waals surface area contributed by atoms with Gasteiger partial charge in [-0.15, -0.1) is 0 Å². The Morgan fingerprint density at radius 2 is 1.50 bits per heavy atom. The summed E-state index contributed by atoms with van der Waals surface area (Å²) in [7, 11) is -3.93. The molecule has 0 saturated heterocycles. The van der Waals surface area contributed by atoms with Crippen molar-refractivity contribution in [2.45, 2.75) is 38.8 Å². The van der Waals surface area contributed by atoms with Crippen LogP contribution in [0.4, 0.5) is 0 Å². The molecule has 3 rings (SSSR count). The number of hydrogen-bond donors (Lipinski definition) is 1. The molecular weight excluding hydrogens is 444 g/mol. The number of sulfonamides is 1. The summed E-state index contributed by atoms with van der Waals surface area (Å²) in [6, 6.07) is 20.1. The first-order valence-corrected chi connectivity index (χ1v) is 12.1. The number of halogens is 1. The quantitative estimate of drug-likeness (QED) is 0.515. The molecule has 0 saturated carbocycles. The molecule has 0 atom stereocenters. The van der Waals surface area contributed by atoms with Gasteiger partial charge in [-0.2, -0.15) is 4.31 Å². The zero-order valence-electron chi connectivity index (χ0n) is 18.4. The van der Waals surface area contributed by atoms with Crippen LogP contribution in [-0.4, -0.2) is 25.2 Å².